The molecule has 2 rings (SSSR count). The molecule has 100 valence electrons. The van der Waals surface area contributed by atoms with Crippen LogP contribution in [-0.4, -0.2) is 18.5 Å². The first-order chi connectivity index (χ1) is 8.65. The minimum Gasteiger partial charge on any atom is -0.396 e. The zero-order valence-corrected chi connectivity index (χ0v) is 11.2. The van der Waals surface area contributed by atoms with Crippen molar-refractivity contribution in [1.29, 1.82) is 0 Å². The molecule has 0 saturated heterocycles. The number of rotatable bonds is 4. The molecule has 3 heteroatoms. The quantitative estimate of drug-likeness (QED) is 0.830. The van der Waals surface area contributed by atoms with Crippen molar-refractivity contribution in [2.45, 2.75) is 38.6 Å². The van der Waals surface area contributed by atoms with E-state index in [1.165, 1.54) is 32.1 Å². The molecular weight excluding hydrogens is 227 g/mol. The van der Waals surface area contributed by atoms with Crippen molar-refractivity contribution in [1.82, 2.24) is 4.90 Å². The number of nitrogens with zero attached hydrogens (tertiary/aromatic N) is 1. The predicted octanol–water partition coefficient (Wildman–Crippen LogP) is 3.42. The van der Waals surface area contributed by atoms with E-state index in [1.807, 2.05) is 6.07 Å². The van der Waals surface area contributed by atoms with Gasteiger partial charge in [-0.25, -0.2) is 4.39 Å². The summed E-state index contributed by atoms with van der Waals surface area (Å²) < 4.78 is 13.3. The Morgan fingerprint density at radius 3 is 2.67 bits per heavy atom. The lowest BCUT2D eigenvalue weighted by Gasteiger charge is -2.27. The lowest BCUT2D eigenvalue weighted by Crippen LogP contribution is -2.26. The van der Waals surface area contributed by atoms with Crippen LogP contribution in [0, 0.1) is 11.7 Å². The van der Waals surface area contributed by atoms with E-state index in [1.54, 1.807) is 12.1 Å². The molecule has 0 unspecified atom stereocenters. The van der Waals surface area contributed by atoms with Gasteiger partial charge in [-0.05, 0) is 43.5 Å². The van der Waals surface area contributed by atoms with Gasteiger partial charge < -0.3 is 10.6 Å². The summed E-state index contributed by atoms with van der Waals surface area (Å²) in [7, 11) is 2.11. The average Bonchev–Trinajstić information content (AvgIpc) is 2.35. The molecule has 18 heavy (non-hydrogen) atoms. The van der Waals surface area contributed by atoms with Gasteiger partial charge in [-0.3, -0.25) is 0 Å². The van der Waals surface area contributed by atoms with Crippen LogP contribution in [0.15, 0.2) is 18.2 Å². The Morgan fingerprint density at radius 1 is 1.28 bits per heavy atom. The van der Waals surface area contributed by atoms with Crippen LogP contribution >= 0.6 is 0 Å². The van der Waals surface area contributed by atoms with Gasteiger partial charge in [-0.15, -0.1) is 0 Å². The molecular formula is C15H23FN2. The molecule has 1 aromatic carbocycles. The number of halogens is 1. The van der Waals surface area contributed by atoms with Gasteiger partial charge in [0.15, 0.2) is 0 Å². The summed E-state index contributed by atoms with van der Waals surface area (Å²) in [6.45, 7) is 1.92. The van der Waals surface area contributed by atoms with E-state index in [4.69, 9.17) is 5.73 Å². The molecule has 2 N–H and O–H groups in total. The van der Waals surface area contributed by atoms with Crippen molar-refractivity contribution in [2.24, 2.45) is 5.92 Å². The fourth-order valence-corrected chi connectivity index (χ4v) is 2.86. The van der Waals surface area contributed by atoms with E-state index in [0.717, 1.165) is 24.6 Å². The van der Waals surface area contributed by atoms with Crippen LogP contribution in [0.1, 0.15) is 37.7 Å². The van der Waals surface area contributed by atoms with Crippen molar-refractivity contribution < 1.29 is 4.39 Å². The molecule has 0 atom stereocenters. The zero-order chi connectivity index (χ0) is 13.0. The molecule has 0 spiro atoms. The van der Waals surface area contributed by atoms with Crippen LogP contribution < -0.4 is 5.73 Å². The summed E-state index contributed by atoms with van der Waals surface area (Å²) in [4.78, 5) is 2.29. The van der Waals surface area contributed by atoms with E-state index in [-0.39, 0.29) is 11.5 Å². The van der Waals surface area contributed by atoms with Crippen LogP contribution in [0.25, 0.3) is 0 Å². The Balaban J connectivity index is 1.85. The van der Waals surface area contributed by atoms with Crippen molar-refractivity contribution >= 4 is 5.69 Å². The highest BCUT2D eigenvalue weighted by Crippen LogP contribution is 2.24. The molecule has 0 bridgehead atoms. The predicted molar refractivity (Wildman–Crippen MR) is 73.7 cm³/mol. The van der Waals surface area contributed by atoms with Gasteiger partial charge in [0.25, 0.3) is 0 Å². The highest BCUT2D eigenvalue weighted by molar-refractivity contribution is 5.41. The standard InChI is InChI=1S/C15H23FN2/c1-18(10-12-5-3-2-4-6-12)11-13-7-8-15(17)14(16)9-13/h7-9,12H,2-6,10-11,17H2,1H3. The first kappa shape index (κ1) is 13.3. The van der Waals surface area contributed by atoms with Gasteiger partial charge in [-0.2, -0.15) is 0 Å². The summed E-state index contributed by atoms with van der Waals surface area (Å²) in [6.07, 6.45) is 6.83. The summed E-state index contributed by atoms with van der Waals surface area (Å²) in [5.74, 6) is 0.515. The lowest BCUT2D eigenvalue weighted by molar-refractivity contribution is 0.228. The maximum Gasteiger partial charge on any atom is 0.146 e. The number of benzene rings is 1. The highest BCUT2D eigenvalue weighted by Gasteiger charge is 2.15. The molecule has 0 aliphatic heterocycles. The van der Waals surface area contributed by atoms with Gasteiger partial charge in [0.2, 0.25) is 0 Å². The summed E-state index contributed by atoms with van der Waals surface area (Å²) in [6, 6.07) is 5.11. The maximum absolute atomic E-state index is 13.3. The van der Waals surface area contributed by atoms with Crippen LogP contribution in [0.2, 0.25) is 0 Å². The Hall–Kier alpha value is -1.09. The second-order valence-electron chi connectivity index (χ2n) is 5.56. The van der Waals surface area contributed by atoms with Gasteiger partial charge in [0.05, 0.1) is 5.69 Å². The van der Waals surface area contributed by atoms with Crippen LogP contribution in [0.5, 0.6) is 0 Å². The second-order valence-corrected chi connectivity index (χ2v) is 5.56. The van der Waals surface area contributed by atoms with Crippen molar-refractivity contribution in [3.05, 3.63) is 29.6 Å². The Labute approximate surface area is 109 Å². The Bertz CT molecular complexity index is 386. The van der Waals surface area contributed by atoms with Crippen molar-refractivity contribution in [2.75, 3.05) is 19.3 Å². The molecule has 0 aromatic heterocycles. The number of hydrogen-bond acceptors (Lipinski definition) is 2. The fraction of sp³-hybridized carbons (Fsp3) is 0.600. The Kier molecular flexibility index (Phi) is 4.59. The van der Waals surface area contributed by atoms with E-state index in [2.05, 4.69) is 11.9 Å². The van der Waals surface area contributed by atoms with E-state index in [9.17, 15) is 4.39 Å². The first-order valence-electron chi connectivity index (χ1n) is 6.87. The van der Waals surface area contributed by atoms with E-state index in [0.29, 0.717) is 0 Å². The highest BCUT2D eigenvalue weighted by atomic mass is 19.1. The monoisotopic (exact) mass is 250 g/mol. The fourth-order valence-electron chi connectivity index (χ4n) is 2.86. The van der Waals surface area contributed by atoms with E-state index < -0.39 is 0 Å². The normalized spacial score (nSPS) is 17.3. The Morgan fingerprint density at radius 2 is 2.00 bits per heavy atom. The number of nitrogens with two attached hydrogens (primary N) is 1. The van der Waals surface area contributed by atoms with Gasteiger partial charge >= 0.3 is 0 Å². The summed E-state index contributed by atoms with van der Waals surface area (Å²) in [5, 5.41) is 0. The molecule has 1 aliphatic rings. The van der Waals surface area contributed by atoms with Crippen LogP contribution in [0.4, 0.5) is 10.1 Å². The topological polar surface area (TPSA) is 29.3 Å². The molecule has 0 amide bonds. The van der Waals surface area contributed by atoms with Gasteiger partial charge in [-0.1, -0.05) is 25.3 Å². The summed E-state index contributed by atoms with van der Waals surface area (Å²) in [5.41, 5.74) is 6.71. The third kappa shape index (κ3) is 3.70. The third-order valence-corrected chi connectivity index (χ3v) is 3.81. The molecule has 1 aromatic rings. The van der Waals surface area contributed by atoms with Gasteiger partial charge in [0, 0.05) is 13.1 Å². The molecule has 1 aliphatic carbocycles. The number of anilines is 1. The zero-order valence-electron chi connectivity index (χ0n) is 11.2. The number of nitrogen functional groups attached to an aromatic ring is 1. The molecule has 0 radical (unpaired) electrons. The molecule has 0 heterocycles. The molecule has 2 nitrogen and oxygen atoms in total. The third-order valence-electron chi connectivity index (χ3n) is 3.81. The van der Waals surface area contributed by atoms with Gasteiger partial charge in [0.1, 0.15) is 5.82 Å². The minimum atomic E-state index is -0.307. The average molecular weight is 250 g/mol. The summed E-state index contributed by atoms with van der Waals surface area (Å²) >= 11 is 0. The largest absolute Gasteiger partial charge is 0.396 e. The lowest BCUT2D eigenvalue weighted by atomic mass is 9.89. The van der Waals surface area contributed by atoms with Crippen LogP contribution in [0.3, 0.4) is 0 Å². The molecule has 1 saturated carbocycles. The maximum atomic E-state index is 13.3. The second kappa shape index (κ2) is 6.19. The number of hydrogen-bond donors (Lipinski definition) is 1. The van der Waals surface area contributed by atoms with Crippen molar-refractivity contribution in [3.8, 4) is 0 Å². The molecule has 1 fully saturated rings. The van der Waals surface area contributed by atoms with E-state index >= 15 is 0 Å². The van der Waals surface area contributed by atoms with Crippen molar-refractivity contribution in [3.63, 3.8) is 0 Å². The SMILES string of the molecule is CN(Cc1ccc(N)c(F)c1)CC1CCCCC1. The first-order valence-corrected chi connectivity index (χ1v) is 6.87. The minimum absolute atomic E-state index is 0.230. The van der Waals surface area contributed by atoms with Crippen LogP contribution in [-0.2, 0) is 6.54 Å². The smallest absolute Gasteiger partial charge is 0.146 e.